The fourth-order valence-electron chi connectivity index (χ4n) is 8.30. The molecule has 5 heterocycles. The van der Waals surface area contributed by atoms with Crippen molar-refractivity contribution in [1.29, 1.82) is 0 Å². The van der Waals surface area contributed by atoms with Gasteiger partial charge in [0.1, 0.15) is 34.8 Å². The van der Waals surface area contributed by atoms with Crippen LogP contribution in [0, 0.1) is 34.8 Å². The summed E-state index contributed by atoms with van der Waals surface area (Å²) in [6.45, 7) is 8.37. The number of phenolic OH excluding ortho intramolecular Hbond substituents is 1. The van der Waals surface area contributed by atoms with E-state index in [-0.39, 0.29) is 69.5 Å². The van der Waals surface area contributed by atoms with E-state index in [4.69, 9.17) is 16.1 Å². The highest BCUT2D eigenvalue weighted by Crippen LogP contribution is 2.47. The fourth-order valence-corrected chi connectivity index (χ4v) is 8.30. The van der Waals surface area contributed by atoms with Crippen LogP contribution < -0.4 is 15.0 Å². The summed E-state index contributed by atoms with van der Waals surface area (Å²) in [6, 6.07) is 4.43. The molecule has 2 atom stereocenters. The molecule has 2 aromatic heterocycles. The lowest BCUT2D eigenvalue weighted by Crippen LogP contribution is -2.59. The van der Waals surface area contributed by atoms with E-state index >= 15 is 4.39 Å². The molecule has 288 valence electrons. The Labute approximate surface area is 317 Å². The number of imide groups is 1. The van der Waals surface area contributed by atoms with Gasteiger partial charge in [0.25, 0.3) is 0 Å². The number of piperidine rings is 1. The van der Waals surface area contributed by atoms with Crippen LogP contribution >= 0.6 is 0 Å². The van der Waals surface area contributed by atoms with Crippen molar-refractivity contribution >= 4 is 39.4 Å². The number of aromatic nitrogens is 3. The maximum atomic E-state index is 17.1. The third kappa shape index (κ3) is 6.99. The number of halogens is 3. The molecule has 0 radical (unpaired) electrons. The number of nitrogens with one attached hydrogen (secondary N) is 1. The third-order valence-corrected chi connectivity index (χ3v) is 11.6. The van der Waals surface area contributed by atoms with Gasteiger partial charge in [-0.3, -0.25) is 15.1 Å². The number of terminal acetylenes is 1. The highest BCUT2D eigenvalue weighted by Gasteiger charge is 2.46. The Kier molecular flexibility index (Phi) is 9.27. The number of benzene rings is 2. The van der Waals surface area contributed by atoms with Crippen LogP contribution in [0.15, 0.2) is 30.5 Å². The molecule has 2 bridgehead atoms. The topological polar surface area (TPSA) is 124 Å². The Bertz CT molecular complexity index is 2230. The summed E-state index contributed by atoms with van der Waals surface area (Å²) in [7, 11) is 0. The van der Waals surface area contributed by atoms with Gasteiger partial charge >= 0.3 is 12.0 Å². The van der Waals surface area contributed by atoms with Gasteiger partial charge in [-0.1, -0.05) is 32.8 Å². The predicted molar refractivity (Wildman–Crippen MR) is 201 cm³/mol. The van der Waals surface area contributed by atoms with Gasteiger partial charge in [0.15, 0.2) is 5.82 Å². The van der Waals surface area contributed by atoms with Crippen molar-refractivity contribution in [2.75, 3.05) is 44.2 Å². The predicted octanol–water partition coefficient (Wildman–Crippen LogP) is 6.34. The van der Waals surface area contributed by atoms with Crippen molar-refractivity contribution in [2.45, 2.75) is 77.6 Å². The number of hydrogen-bond donors (Lipinski definition) is 2. The number of hydrogen-bond acceptors (Lipinski definition) is 9. The molecule has 8 rings (SSSR count). The quantitative estimate of drug-likeness (QED) is 0.208. The largest absolute Gasteiger partial charge is 0.508 e. The Morgan fingerprint density at radius 2 is 1.78 bits per heavy atom. The summed E-state index contributed by atoms with van der Waals surface area (Å²) < 4.78 is 52.2. The van der Waals surface area contributed by atoms with E-state index in [2.05, 4.69) is 26.1 Å². The van der Waals surface area contributed by atoms with Gasteiger partial charge in [0, 0.05) is 60.7 Å². The van der Waals surface area contributed by atoms with Crippen molar-refractivity contribution in [3.05, 3.63) is 47.7 Å². The van der Waals surface area contributed by atoms with E-state index < -0.39 is 29.3 Å². The number of carbonyl (C=O) groups excluding carboxylic acids is 2. The van der Waals surface area contributed by atoms with Crippen molar-refractivity contribution < 1.29 is 32.6 Å². The molecule has 1 saturated carbocycles. The van der Waals surface area contributed by atoms with E-state index in [9.17, 15) is 23.5 Å². The average molecular weight is 756 g/mol. The Morgan fingerprint density at radius 3 is 2.44 bits per heavy atom. The Hall–Kier alpha value is -5.16. The minimum atomic E-state index is -0.831. The van der Waals surface area contributed by atoms with Gasteiger partial charge in [-0.05, 0) is 62.1 Å². The highest BCUT2D eigenvalue weighted by molar-refractivity contribution is 6.03. The average Bonchev–Trinajstić information content (AvgIpc) is 3.86. The number of piperazine rings is 1. The van der Waals surface area contributed by atoms with E-state index in [1.807, 2.05) is 4.90 Å². The van der Waals surface area contributed by atoms with Gasteiger partial charge in [-0.15, -0.1) is 6.42 Å². The van der Waals surface area contributed by atoms with Crippen molar-refractivity contribution in [3.63, 3.8) is 0 Å². The number of ether oxygens (including phenoxy) is 1. The molecule has 2 aromatic carbocycles. The SMILES string of the molecule is C#Cc1c(F)ccc2cc(O)cc(-c3ncc4c(N5CC6CCC(C5)N6C(=O)NC(=O)C(C)(C)C)nc(OCC5(CN6CCC(F)CC6)CC5)nc4c3F)c12. The number of nitrogens with zero attached hydrogens (tertiary/aromatic N) is 6. The second-order valence-electron chi connectivity index (χ2n) is 16.6. The summed E-state index contributed by atoms with van der Waals surface area (Å²) in [5.74, 6) is 0.698. The molecule has 1 aliphatic carbocycles. The number of rotatable bonds is 7. The van der Waals surface area contributed by atoms with Crippen molar-refractivity contribution in [2.24, 2.45) is 10.8 Å². The normalized spacial score (nSPS) is 21.2. The first-order valence-corrected chi connectivity index (χ1v) is 18.9. The van der Waals surface area contributed by atoms with E-state index in [1.165, 1.54) is 30.5 Å². The summed E-state index contributed by atoms with van der Waals surface area (Å²) in [5, 5.41) is 14.1. The molecule has 14 heteroatoms. The number of anilines is 1. The zero-order valence-corrected chi connectivity index (χ0v) is 31.2. The molecular formula is C41H44F3N7O4. The lowest BCUT2D eigenvalue weighted by atomic mass is 9.95. The van der Waals surface area contributed by atoms with Gasteiger partial charge in [0.2, 0.25) is 5.91 Å². The van der Waals surface area contributed by atoms with Crippen LogP contribution in [0.3, 0.4) is 0 Å². The first kappa shape index (κ1) is 36.8. The van der Waals surface area contributed by atoms with Gasteiger partial charge in [-0.2, -0.15) is 9.97 Å². The number of pyridine rings is 1. The zero-order chi connectivity index (χ0) is 38.8. The molecule has 11 nitrogen and oxygen atoms in total. The van der Waals surface area contributed by atoms with Crippen LogP contribution in [0.5, 0.6) is 11.8 Å². The minimum absolute atomic E-state index is 0.0355. The van der Waals surface area contributed by atoms with E-state index in [0.717, 1.165) is 19.4 Å². The lowest BCUT2D eigenvalue weighted by Gasteiger charge is -2.41. The maximum Gasteiger partial charge on any atom is 0.324 e. The maximum absolute atomic E-state index is 17.1. The summed E-state index contributed by atoms with van der Waals surface area (Å²) in [5.41, 5.74) is -1.16. The molecule has 55 heavy (non-hydrogen) atoms. The smallest absolute Gasteiger partial charge is 0.324 e. The number of alkyl halides is 1. The molecule has 2 N–H and O–H groups in total. The van der Waals surface area contributed by atoms with Crippen LogP contribution in [0.25, 0.3) is 32.9 Å². The number of likely N-dealkylation sites (tertiary alicyclic amines) is 1. The van der Waals surface area contributed by atoms with Crippen LogP contribution in [-0.4, -0.2) is 99.4 Å². The van der Waals surface area contributed by atoms with Crippen molar-refractivity contribution in [1.82, 2.24) is 30.1 Å². The molecule has 3 aliphatic heterocycles. The number of fused-ring (bicyclic) bond motifs is 4. The molecule has 3 amide bonds. The number of aromatic hydroxyl groups is 1. The Morgan fingerprint density at radius 1 is 1.07 bits per heavy atom. The van der Waals surface area contributed by atoms with Gasteiger partial charge in [-0.25, -0.2) is 18.0 Å². The van der Waals surface area contributed by atoms with Gasteiger partial charge in [0.05, 0.1) is 29.6 Å². The molecule has 4 fully saturated rings. The number of amides is 3. The van der Waals surface area contributed by atoms with Crippen LogP contribution in [0.2, 0.25) is 0 Å². The summed E-state index contributed by atoms with van der Waals surface area (Å²) in [4.78, 5) is 46.0. The second kappa shape index (κ2) is 13.8. The monoisotopic (exact) mass is 755 g/mol. The number of urea groups is 1. The lowest BCUT2D eigenvalue weighted by molar-refractivity contribution is -0.127. The molecular weight excluding hydrogens is 711 g/mol. The van der Waals surface area contributed by atoms with Crippen LogP contribution in [-0.2, 0) is 4.79 Å². The summed E-state index contributed by atoms with van der Waals surface area (Å²) >= 11 is 0. The van der Waals surface area contributed by atoms with Crippen LogP contribution in [0.4, 0.5) is 23.8 Å². The molecule has 3 saturated heterocycles. The molecule has 2 unspecified atom stereocenters. The highest BCUT2D eigenvalue weighted by atomic mass is 19.1. The van der Waals surface area contributed by atoms with Crippen molar-refractivity contribution in [3.8, 4) is 35.4 Å². The van der Waals surface area contributed by atoms with E-state index in [1.54, 1.807) is 25.7 Å². The summed E-state index contributed by atoms with van der Waals surface area (Å²) in [6.07, 6.45) is 10.7. The Balaban J connectivity index is 1.17. The zero-order valence-electron chi connectivity index (χ0n) is 31.2. The third-order valence-electron chi connectivity index (χ3n) is 11.6. The standard InChI is InChI=1S/C41H44F3N7O4/c1-5-28-31(43)9-6-23-16-27(52)17-29(32(23)28)34-33(44)35-30(18-45-34)36(47-38(46-35)55-22-41(12-13-41)21-49-14-10-24(42)11-15-49)50-19-25-7-8-26(20-50)51(25)39(54)48-37(53)40(2,3)4/h1,6,9,16-18,24-26,52H,7-8,10-15,19-22H2,2-4H3,(H,48,53,54). The number of carbonyl (C=O) groups is 2. The molecule has 4 aliphatic rings. The second-order valence-corrected chi connectivity index (χ2v) is 16.6. The van der Waals surface area contributed by atoms with E-state index in [0.29, 0.717) is 68.5 Å². The molecule has 4 aromatic rings. The molecule has 0 spiro atoms. The number of phenols is 1. The minimum Gasteiger partial charge on any atom is -0.508 e. The first-order valence-electron chi connectivity index (χ1n) is 18.9. The van der Waals surface area contributed by atoms with Gasteiger partial charge < -0.3 is 24.5 Å². The van der Waals surface area contributed by atoms with Crippen LogP contribution in [0.1, 0.15) is 64.9 Å². The fraction of sp³-hybridized carbons (Fsp3) is 0.488. The first-order chi connectivity index (χ1) is 26.2.